The van der Waals surface area contributed by atoms with E-state index in [1.165, 1.54) is 0 Å². The van der Waals surface area contributed by atoms with Gasteiger partial charge in [0, 0.05) is 4.47 Å². The highest BCUT2D eigenvalue weighted by Crippen LogP contribution is 2.29. The van der Waals surface area contributed by atoms with Crippen LogP contribution in [0.3, 0.4) is 0 Å². The molecule has 0 saturated heterocycles. The molecule has 2 atom stereocenters. The SMILES string of the molecule is O=C(O)C(c1ccccc1)S(=O)c1ccccc1Br. The number of aliphatic carboxylic acids is 1. The van der Waals surface area contributed by atoms with Crippen molar-refractivity contribution in [2.45, 2.75) is 10.1 Å². The zero-order chi connectivity index (χ0) is 13.8. The van der Waals surface area contributed by atoms with Gasteiger partial charge in [-0.15, -0.1) is 0 Å². The van der Waals surface area contributed by atoms with Crippen LogP contribution in [0.1, 0.15) is 10.8 Å². The van der Waals surface area contributed by atoms with Crippen LogP contribution in [0, 0.1) is 0 Å². The summed E-state index contributed by atoms with van der Waals surface area (Å²) in [6.45, 7) is 0. The number of rotatable bonds is 4. The lowest BCUT2D eigenvalue weighted by atomic mass is 10.1. The molecule has 19 heavy (non-hydrogen) atoms. The zero-order valence-electron chi connectivity index (χ0n) is 9.82. The molecule has 0 bridgehead atoms. The maximum absolute atomic E-state index is 12.5. The lowest BCUT2D eigenvalue weighted by Crippen LogP contribution is -2.17. The second kappa shape index (κ2) is 6.12. The van der Waals surface area contributed by atoms with Crippen LogP contribution < -0.4 is 0 Å². The molecule has 2 aromatic carbocycles. The van der Waals surface area contributed by atoms with Gasteiger partial charge in [-0.2, -0.15) is 0 Å². The van der Waals surface area contributed by atoms with Crippen molar-refractivity contribution >= 4 is 32.7 Å². The molecule has 0 heterocycles. The number of halogens is 1. The summed E-state index contributed by atoms with van der Waals surface area (Å²) in [4.78, 5) is 11.9. The maximum Gasteiger partial charge on any atom is 0.324 e. The summed E-state index contributed by atoms with van der Waals surface area (Å²) in [5.41, 5.74) is 0.532. The Bertz CT molecular complexity index is 613. The predicted molar refractivity (Wildman–Crippen MR) is 77.4 cm³/mol. The van der Waals surface area contributed by atoms with Crippen molar-refractivity contribution in [2.75, 3.05) is 0 Å². The Morgan fingerprint density at radius 3 is 2.21 bits per heavy atom. The van der Waals surface area contributed by atoms with E-state index >= 15 is 0 Å². The molecule has 0 aliphatic rings. The standard InChI is InChI=1S/C14H11BrO3S/c15-11-8-4-5-9-12(11)19(18)13(14(16)17)10-6-2-1-3-7-10/h1-9,13H,(H,16,17). The summed E-state index contributed by atoms with van der Waals surface area (Å²) in [7, 11) is -1.66. The molecule has 0 amide bonds. The molecule has 1 N–H and O–H groups in total. The summed E-state index contributed by atoms with van der Waals surface area (Å²) in [5.74, 6) is -1.10. The fourth-order valence-electron chi connectivity index (χ4n) is 1.72. The number of carboxylic acids is 1. The molecule has 2 aromatic rings. The van der Waals surface area contributed by atoms with Crippen molar-refractivity contribution in [3.05, 3.63) is 64.6 Å². The first kappa shape index (κ1) is 14.0. The molecule has 0 aliphatic heterocycles. The van der Waals surface area contributed by atoms with Crippen molar-refractivity contribution in [3.63, 3.8) is 0 Å². The van der Waals surface area contributed by atoms with E-state index in [4.69, 9.17) is 0 Å². The van der Waals surface area contributed by atoms with Gasteiger partial charge in [-0.3, -0.25) is 9.00 Å². The Morgan fingerprint density at radius 2 is 1.63 bits per heavy atom. The Hall–Kier alpha value is -1.46. The number of carboxylic acid groups (broad SMARTS) is 1. The summed E-state index contributed by atoms with van der Waals surface area (Å²) < 4.78 is 13.2. The van der Waals surface area contributed by atoms with Crippen molar-refractivity contribution in [2.24, 2.45) is 0 Å². The van der Waals surface area contributed by atoms with Crippen LogP contribution in [0.25, 0.3) is 0 Å². The molecule has 3 nitrogen and oxygen atoms in total. The molecular weight excluding hydrogens is 328 g/mol. The fourth-order valence-corrected chi connectivity index (χ4v) is 3.80. The van der Waals surface area contributed by atoms with Gasteiger partial charge in [0.1, 0.15) is 0 Å². The van der Waals surface area contributed by atoms with E-state index in [0.717, 1.165) is 0 Å². The van der Waals surface area contributed by atoms with Crippen LogP contribution in [0.2, 0.25) is 0 Å². The number of hydrogen-bond acceptors (Lipinski definition) is 2. The molecule has 2 unspecified atom stereocenters. The van der Waals surface area contributed by atoms with E-state index in [2.05, 4.69) is 15.9 Å². The third-order valence-corrected chi connectivity index (χ3v) is 5.24. The van der Waals surface area contributed by atoms with Crippen LogP contribution in [0.15, 0.2) is 64.0 Å². The van der Waals surface area contributed by atoms with Crippen LogP contribution in [-0.2, 0) is 15.6 Å². The van der Waals surface area contributed by atoms with Crippen molar-refractivity contribution in [1.29, 1.82) is 0 Å². The van der Waals surface area contributed by atoms with Crippen molar-refractivity contribution < 1.29 is 14.1 Å². The second-order valence-electron chi connectivity index (χ2n) is 3.86. The first-order valence-corrected chi connectivity index (χ1v) is 7.54. The van der Waals surface area contributed by atoms with Crippen LogP contribution >= 0.6 is 15.9 Å². The van der Waals surface area contributed by atoms with Gasteiger partial charge < -0.3 is 5.11 Å². The van der Waals surface area contributed by atoms with Crippen molar-refractivity contribution in [3.8, 4) is 0 Å². The van der Waals surface area contributed by atoms with E-state index < -0.39 is 22.0 Å². The predicted octanol–water partition coefficient (Wildman–Crippen LogP) is 3.38. The van der Waals surface area contributed by atoms with E-state index in [0.29, 0.717) is 14.9 Å². The molecule has 0 aliphatic carbocycles. The van der Waals surface area contributed by atoms with Gasteiger partial charge in [0.15, 0.2) is 5.25 Å². The lowest BCUT2D eigenvalue weighted by molar-refractivity contribution is -0.136. The first-order valence-electron chi connectivity index (χ1n) is 5.54. The minimum atomic E-state index is -1.66. The average molecular weight is 339 g/mol. The Labute approximate surface area is 121 Å². The summed E-state index contributed by atoms with van der Waals surface area (Å²) >= 11 is 3.30. The van der Waals surface area contributed by atoms with E-state index in [1.54, 1.807) is 54.6 Å². The van der Waals surface area contributed by atoms with Crippen molar-refractivity contribution in [1.82, 2.24) is 0 Å². The Balaban J connectivity index is 2.44. The normalized spacial score (nSPS) is 13.7. The van der Waals surface area contributed by atoms with Crippen LogP contribution in [0.4, 0.5) is 0 Å². The second-order valence-corrected chi connectivity index (χ2v) is 6.22. The summed E-state index contributed by atoms with van der Waals surface area (Å²) in [6.07, 6.45) is 0. The number of benzene rings is 2. The number of hydrogen-bond donors (Lipinski definition) is 1. The molecule has 0 aromatic heterocycles. The molecule has 98 valence electrons. The molecule has 2 rings (SSSR count). The highest BCUT2D eigenvalue weighted by molar-refractivity contribution is 9.10. The highest BCUT2D eigenvalue weighted by atomic mass is 79.9. The molecule has 0 fully saturated rings. The Morgan fingerprint density at radius 1 is 1.05 bits per heavy atom. The summed E-state index contributed by atoms with van der Waals surface area (Å²) in [6, 6.07) is 15.6. The molecular formula is C14H11BrO3S. The molecule has 0 radical (unpaired) electrons. The minimum Gasteiger partial charge on any atom is -0.480 e. The van der Waals surface area contributed by atoms with E-state index in [9.17, 15) is 14.1 Å². The van der Waals surface area contributed by atoms with Gasteiger partial charge in [-0.25, -0.2) is 0 Å². The van der Waals surface area contributed by atoms with Gasteiger partial charge in [0.2, 0.25) is 0 Å². The van der Waals surface area contributed by atoms with E-state index in [-0.39, 0.29) is 0 Å². The smallest absolute Gasteiger partial charge is 0.324 e. The van der Waals surface area contributed by atoms with Gasteiger partial charge in [0.05, 0.1) is 15.7 Å². The fraction of sp³-hybridized carbons (Fsp3) is 0.0714. The molecule has 0 saturated carbocycles. The topological polar surface area (TPSA) is 54.4 Å². The van der Waals surface area contributed by atoms with Gasteiger partial charge in [0.25, 0.3) is 0 Å². The molecule has 5 heteroatoms. The summed E-state index contributed by atoms with van der Waals surface area (Å²) in [5, 5.41) is 8.27. The van der Waals surface area contributed by atoms with Gasteiger partial charge >= 0.3 is 5.97 Å². The first-order chi connectivity index (χ1) is 9.11. The lowest BCUT2D eigenvalue weighted by Gasteiger charge is -2.13. The zero-order valence-corrected chi connectivity index (χ0v) is 12.2. The largest absolute Gasteiger partial charge is 0.480 e. The maximum atomic E-state index is 12.5. The van der Waals surface area contributed by atoms with Gasteiger partial charge in [-0.1, -0.05) is 42.5 Å². The van der Waals surface area contributed by atoms with Crippen LogP contribution in [-0.4, -0.2) is 15.3 Å². The quantitative estimate of drug-likeness (QED) is 0.929. The monoisotopic (exact) mass is 338 g/mol. The average Bonchev–Trinajstić information content (AvgIpc) is 2.40. The Kier molecular flexibility index (Phi) is 4.50. The third-order valence-electron chi connectivity index (χ3n) is 2.59. The molecule has 0 spiro atoms. The third kappa shape index (κ3) is 3.11. The van der Waals surface area contributed by atoms with Crippen LogP contribution in [0.5, 0.6) is 0 Å². The number of carbonyl (C=O) groups is 1. The van der Waals surface area contributed by atoms with Gasteiger partial charge in [-0.05, 0) is 33.6 Å². The van der Waals surface area contributed by atoms with E-state index in [1.807, 2.05) is 0 Å². The minimum absolute atomic E-state index is 0.485. The highest BCUT2D eigenvalue weighted by Gasteiger charge is 2.28.